The number of thiophene rings is 1. The second-order valence-electron chi connectivity index (χ2n) is 5.99. The second-order valence-corrected chi connectivity index (χ2v) is 7.21. The van der Waals surface area contributed by atoms with Gasteiger partial charge in [-0.1, -0.05) is 19.9 Å². The van der Waals surface area contributed by atoms with Crippen LogP contribution in [0.5, 0.6) is 0 Å². The van der Waals surface area contributed by atoms with Crippen LogP contribution in [0, 0.1) is 6.92 Å². The van der Waals surface area contributed by atoms with Crippen LogP contribution in [-0.4, -0.2) is 19.3 Å². The summed E-state index contributed by atoms with van der Waals surface area (Å²) >= 11 is 7.90. The quantitative estimate of drug-likeness (QED) is 0.684. The molecule has 3 aromatic heterocycles. The van der Waals surface area contributed by atoms with E-state index in [0.717, 1.165) is 29.2 Å². The average molecular weight is 323 g/mol. The molecule has 0 atom stereocenters. The highest BCUT2D eigenvalue weighted by Crippen LogP contribution is 2.31. The van der Waals surface area contributed by atoms with Crippen LogP contribution in [0.4, 0.5) is 0 Å². The summed E-state index contributed by atoms with van der Waals surface area (Å²) in [6.45, 7) is 7.34. The summed E-state index contributed by atoms with van der Waals surface area (Å²) in [6.07, 6.45) is 0. The topological polar surface area (TPSA) is 35.6 Å². The molecular formula is C15H19ClN4S. The number of nitrogens with zero attached hydrogens (tertiary/aromatic N) is 4. The molecule has 0 fully saturated rings. The molecule has 4 nitrogen and oxygen atoms in total. The summed E-state index contributed by atoms with van der Waals surface area (Å²) in [4.78, 5) is 6.03. The lowest BCUT2D eigenvalue weighted by molar-refractivity contribution is 0.438. The molecule has 3 heterocycles. The number of rotatable bonds is 4. The fourth-order valence-electron chi connectivity index (χ4n) is 2.78. The van der Waals surface area contributed by atoms with Crippen molar-refractivity contribution in [1.82, 2.24) is 19.3 Å². The monoisotopic (exact) mass is 322 g/mol. The molecule has 3 rings (SSSR count). The Morgan fingerprint density at radius 3 is 2.76 bits per heavy atom. The molecule has 3 aromatic rings. The molecule has 0 radical (unpaired) electrons. The van der Waals surface area contributed by atoms with Gasteiger partial charge < -0.3 is 4.57 Å². The minimum absolute atomic E-state index is 0.0286. The van der Waals surface area contributed by atoms with Crippen LogP contribution in [-0.2, 0) is 24.9 Å². The third-order valence-corrected chi connectivity index (χ3v) is 5.31. The Morgan fingerprint density at radius 1 is 1.38 bits per heavy atom. The maximum Gasteiger partial charge on any atom is 0.158 e. The van der Waals surface area contributed by atoms with Gasteiger partial charge in [-0.15, -0.1) is 22.9 Å². The van der Waals surface area contributed by atoms with Crippen molar-refractivity contribution < 1.29 is 0 Å². The number of aromatic nitrogens is 4. The van der Waals surface area contributed by atoms with Gasteiger partial charge in [0, 0.05) is 23.9 Å². The Morgan fingerprint density at radius 2 is 2.14 bits per heavy atom. The fraction of sp³-hybridized carbons (Fsp3) is 0.467. The number of fused-ring (bicyclic) bond motifs is 1. The highest BCUT2D eigenvalue weighted by atomic mass is 35.5. The van der Waals surface area contributed by atoms with Crippen molar-refractivity contribution in [1.29, 1.82) is 0 Å². The van der Waals surface area contributed by atoms with E-state index in [1.54, 1.807) is 11.3 Å². The van der Waals surface area contributed by atoms with Gasteiger partial charge >= 0.3 is 0 Å². The lowest BCUT2D eigenvalue weighted by Crippen LogP contribution is -2.25. The lowest BCUT2D eigenvalue weighted by atomic mass is 9.91. The number of aryl methyl sites for hydroxylation is 2. The first-order valence-electron chi connectivity index (χ1n) is 6.92. The van der Waals surface area contributed by atoms with Crippen molar-refractivity contribution in [2.75, 3.05) is 0 Å². The van der Waals surface area contributed by atoms with Gasteiger partial charge in [-0.25, -0.2) is 4.98 Å². The average Bonchev–Trinajstić information content (AvgIpc) is 3.10. The molecule has 0 aliphatic rings. The van der Waals surface area contributed by atoms with Crippen molar-refractivity contribution in [3.63, 3.8) is 0 Å². The minimum Gasteiger partial charge on any atom is -0.311 e. The molecule has 0 spiro atoms. The van der Waals surface area contributed by atoms with E-state index in [1.165, 1.54) is 4.88 Å². The summed E-state index contributed by atoms with van der Waals surface area (Å²) in [5.74, 6) is 1.32. The summed E-state index contributed by atoms with van der Waals surface area (Å²) < 4.78 is 4.11. The van der Waals surface area contributed by atoms with Crippen LogP contribution in [0.15, 0.2) is 17.5 Å². The fourth-order valence-corrected chi connectivity index (χ4v) is 3.83. The summed E-state index contributed by atoms with van der Waals surface area (Å²) in [7, 11) is 1.96. The Kier molecular flexibility index (Phi) is 3.58. The van der Waals surface area contributed by atoms with Crippen molar-refractivity contribution in [2.45, 2.75) is 38.6 Å². The standard InChI is InChI=1S/C15H19ClN4S/c1-10-13-14(19(4)18-10)20(12(8-16)17-13)9-15(2,3)11-6-5-7-21-11/h5-7H,8-9H2,1-4H3. The number of halogens is 1. The molecule has 21 heavy (non-hydrogen) atoms. The van der Waals surface area contributed by atoms with Crippen LogP contribution in [0.1, 0.15) is 30.2 Å². The van der Waals surface area contributed by atoms with Gasteiger partial charge in [0.25, 0.3) is 0 Å². The van der Waals surface area contributed by atoms with Gasteiger partial charge in [-0.05, 0) is 18.4 Å². The summed E-state index contributed by atoms with van der Waals surface area (Å²) in [5, 5.41) is 6.59. The van der Waals surface area contributed by atoms with E-state index in [4.69, 9.17) is 11.6 Å². The molecule has 0 saturated heterocycles. The van der Waals surface area contributed by atoms with Crippen molar-refractivity contribution in [3.8, 4) is 0 Å². The van der Waals surface area contributed by atoms with Gasteiger partial charge in [-0.3, -0.25) is 4.68 Å². The minimum atomic E-state index is 0.0286. The number of hydrogen-bond acceptors (Lipinski definition) is 3. The highest BCUT2D eigenvalue weighted by molar-refractivity contribution is 7.10. The Labute approximate surface area is 133 Å². The molecule has 6 heteroatoms. The number of hydrogen-bond donors (Lipinski definition) is 0. The molecule has 0 saturated carbocycles. The molecule has 0 N–H and O–H groups in total. The third kappa shape index (κ3) is 2.38. The predicted octanol–water partition coefficient (Wildman–Crippen LogP) is 3.86. The van der Waals surface area contributed by atoms with Crippen molar-refractivity contribution in [2.24, 2.45) is 7.05 Å². The van der Waals surface area contributed by atoms with Gasteiger partial charge in [0.1, 0.15) is 11.3 Å². The van der Waals surface area contributed by atoms with Gasteiger partial charge in [-0.2, -0.15) is 5.10 Å². The summed E-state index contributed by atoms with van der Waals surface area (Å²) in [5.41, 5.74) is 2.98. The Hall–Kier alpha value is -1.33. The zero-order valence-electron chi connectivity index (χ0n) is 12.7. The zero-order chi connectivity index (χ0) is 15.2. The van der Waals surface area contributed by atoms with E-state index >= 15 is 0 Å². The molecule has 112 valence electrons. The first-order chi connectivity index (χ1) is 9.94. The highest BCUT2D eigenvalue weighted by Gasteiger charge is 2.26. The predicted molar refractivity (Wildman–Crippen MR) is 88.1 cm³/mol. The lowest BCUT2D eigenvalue weighted by Gasteiger charge is -2.25. The maximum absolute atomic E-state index is 6.11. The molecular weight excluding hydrogens is 304 g/mol. The van der Waals surface area contributed by atoms with Gasteiger partial charge in [0.05, 0.1) is 11.6 Å². The summed E-state index contributed by atoms with van der Waals surface area (Å²) in [6, 6.07) is 4.29. The van der Waals surface area contributed by atoms with Crippen molar-refractivity contribution in [3.05, 3.63) is 33.9 Å². The van der Waals surface area contributed by atoms with E-state index in [-0.39, 0.29) is 5.41 Å². The van der Waals surface area contributed by atoms with Gasteiger partial charge in [0.2, 0.25) is 0 Å². The van der Waals surface area contributed by atoms with Crippen LogP contribution >= 0.6 is 22.9 Å². The molecule has 0 bridgehead atoms. The van der Waals surface area contributed by atoms with E-state index < -0.39 is 0 Å². The first-order valence-corrected chi connectivity index (χ1v) is 8.34. The molecule has 0 aliphatic carbocycles. The first kappa shape index (κ1) is 14.6. The van der Waals surface area contributed by atoms with E-state index in [2.05, 4.69) is 46.0 Å². The SMILES string of the molecule is Cc1nn(C)c2c1nc(CCl)n2CC(C)(C)c1cccs1. The molecule has 0 aromatic carbocycles. The largest absolute Gasteiger partial charge is 0.311 e. The van der Waals surface area contributed by atoms with Gasteiger partial charge in [0.15, 0.2) is 5.65 Å². The van der Waals surface area contributed by atoms with E-state index in [0.29, 0.717) is 5.88 Å². The molecule has 0 unspecified atom stereocenters. The normalized spacial score (nSPS) is 12.4. The maximum atomic E-state index is 6.11. The third-order valence-electron chi connectivity index (χ3n) is 3.83. The second kappa shape index (κ2) is 5.14. The van der Waals surface area contributed by atoms with Crippen LogP contribution < -0.4 is 0 Å². The number of alkyl halides is 1. The van der Waals surface area contributed by atoms with E-state index in [9.17, 15) is 0 Å². The van der Waals surface area contributed by atoms with Crippen LogP contribution in [0.3, 0.4) is 0 Å². The van der Waals surface area contributed by atoms with Crippen LogP contribution in [0.25, 0.3) is 11.2 Å². The van der Waals surface area contributed by atoms with Crippen molar-refractivity contribution >= 4 is 34.1 Å². The Balaban J connectivity index is 2.11. The molecule has 0 aliphatic heterocycles. The number of imidazole rings is 1. The van der Waals surface area contributed by atoms with E-state index in [1.807, 2.05) is 18.7 Å². The van der Waals surface area contributed by atoms with Crippen LogP contribution in [0.2, 0.25) is 0 Å². The molecule has 0 amide bonds. The Bertz CT molecular complexity index is 767. The smallest absolute Gasteiger partial charge is 0.158 e. The zero-order valence-corrected chi connectivity index (χ0v) is 14.3.